The van der Waals surface area contributed by atoms with Crippen molar-refractivity contribution in [2.75, 3.05) is 14.2 Å². The minimum atomic E-state index is -1.49. The molecule has 0 saturated carbocycles. The average Bonchev–Trinajstić information content (AvgIpc) is 3.02. The molecule has 7 nitrogen and oxygen atoms in total. The van der Waals surface area contributed by atoms with Gasteiger partial charge in [0, 0.05) is 13.0 Å². The van der Waals surface area contributed by atoms with Gasteiger partial charge in [0.1, 0.15) is 23.0 Å². The Hall–Kier alpha value is -3.16. The summed E-state index contributed by atoms with van der Waals surface area (Å²) in [4.78, 5) is 4.41. The lowest BCUT2D eigenvalue weighted by Crippen LogP contribution is -2.10. The number of alkyl halides is 1. The van der Waals surface area contributed by atoms with Crippen LogP contribution >= 0.6 is 0 Å². The van der Waals surface area contributed by atoms with Crippen LogP contribution in [0.2, 0.25) is 0 Å². The van der Waals surface area contributed by atoms with Crippen molar-refractivity contribution in [3.8, 4) is 34.6 Å². The molecule has 1 atom stereocenters. The summed E-state index contributed by atoms with van der Waals surface area (Å²) in [7, 11) is 3.07. The topological polar surface area (TPSA) is 71.3 Å². The van der Waals surface area contributed by atoms with Crippen LogP contribution in [0, 0.1) is 6.92 Å². The molecule has 26 heavy (non-hydrogen) atoms. The third-order valence-corrected chi connectivity index (χ3v) is 3.68. The Bertz CT molecular complexity index is 911. The standard InChI is InChI=1S/C18H19FN4O3/c1-11(19)26-15-9-6-8-14(24-3)17(15)23-12(2)21-22-18(23)13-7-5-10-16(20-13)25-4/h5-11H,1-4H3. The van der Waals surface area contributed by atoms with Gasteiger partial charge >= 0.3 is 0 Å². The second kappa shape index (κ2) is 7.38. The second-order valence-electron chi connectivity index (χ2n) is 5.44. The highest BCUT2D eigenvalue weighted by Gasteiger charge is 2.22. The number of hydrogen-bond donors (Lipinski definition) is 0. The number of para-hydroxylation sites is 1. The Morgan fingerprint density at radius 1 is 1.00 bits per heavy atom. The molecule has 0 spiro atoms. The average molecular weight is 358 g/mol. The van der Waals surface area contributed by atoms with Gasteiger partial charge in [-0.15, -0.1) is 10.2 Å². The summed E-state index contributed by atoms with van der Waals surface area (Å²) in [6.07, 6.45) is -1.49. The van der Waals surface area contributed by atoms with Gasteiger partial charge in [-0.3, -0.25) is 4.57 Å². The summed E-state index contributed by atoms with van der Waals surface area (Å²) in [6, 6.07) is 10.5. The van der Waals surface area contributed by atoms with Gasteiger partial charge in [-0.1, -0.05) is 12.1 Å². The van der Waals surface area contributed by atoms with E-state index in [1.54, 1.807) is 47.9 Å². The predicted molar refractivity (Wildman–Crippen MR) is 93.6 cm³/mol. The molecule has 1 aromatic carbocycles. The smallest absolute Gasteiger partial charge is 0.235 e. The van der Waals surface area contributed by atoms with E-state index in [9.17, 15) is 4.39 Å². The van der Waals surface area contributed by atoms with Crippen LogP contribution in [0.4, 0.5) is 4.39 Å². The van der Waals surface area contributed by atoms with Gasteiger partial charge in [-0.25, -0.2) is 9.37 Å². The Kier molecular flexibility index (Phi) is 5.01. The molecular weight excluding hydrogens is 339 g/mol. The predicted octanol–water partition coefficient (Wildman–Crippen LogP) is 3.35. The summed E-state index contributed by atoms with van der Waals surface area (Å²) < 4.78 is 31.2. The number of hydrogen-bond acceptors (Lipinski definition) is 6. The summed E-state index contributed by atoms with van der Waals surface area (Å²) in [6.45, 7) is 3.10. The fourth-order valence-electron chi connectivity index (χ4n) is 2.61. The van der Waals surface area contributed by atoms with E-state index in [-0.39, 0.29) is 0 Å². The monoisotopic (exact) mass is 358 g/mol. The first kappa shape index (κ1) is 17.7. The Labute approximate surface area is 150 Å². The van der Waals surface area contributed by atoms with Crippen molar-refractivity contribution in [2.24, 2.45) is 0 Å². The molecule has 0 N–H and O–H groups in total. The molecule has 0 aliphatic heterocycles. The number of methoxy groups -OCH3 is 2. The van der Waals surface area contributed by atoms with Crippen molar-refractivity contribution in [1.82, 2.24) is 19.7 Å². The first-order chi connectivity index (χ1) is 12.5. The molecule has 0 bridgehead atoms. The van der Waals surface area contributed by atoms with Crippen LogP contribution in [0.25, 0.3) is 17.2 Å². The van der Waals surface area contributed by atoms with Gasteiger partial charge in [0.05, 0.1) is 14.2 Å². The highest BCUT2D eigenvalue weighted by Crippen LogP contribution is 2.36. The Morgan fingerprint density at radius 3 is 2.42 bits per heavy atom. The van der Waals surface area contributed by atoms with Gasteiger partial charge in [0.15, 0.2) is 11.6 Å². The number of pyridine rings is 1. The molecule has 0 aliphatic carbocycles. The number of aromatic nitrogens is 4. The van der Waals surface area contributed by atoms with E-state index in [0.29, 0.717) is 40.4 Å². The fraction of sp³-hybridized carbons (Fsp3) is 0.278. The van der Waals surface area contributed by atoms with E-state index in [0.717, 1.165) is 0 Å². The van der Waals surface area contributed by atoms with Gasteiger partial charge in [0.25, 0.3) is 0 Å². The van der Waals surface area contributed by atoms with Gasteiger partial charge in [-0.05, 0) is 25.1 Å². The van der Waals surface area contributed by atoms with Crippen molar-refractivity contribution in [3.63, 3.8) is 0 Å². The van der Waals surface area contributed by atoms with Crippen molar-refractivity contribution in [1.29, 1.82) is 0 Å². The Morgan fingerprint density at radius 2 is 1.73 bits per heavy atom. The molecule has 0 radical (unpaired) electrons. The first-order valence-corrected chi connectivity index (χ1v) is 7.96. The van der Waals surface area contributed by atoms with Crippen molar-refractivity contribution in [3.05, 3.63) is 42.2 Å². The maximum absolute atomic E-state index is 13.5. The van der Waals surface area contributed by atoms with Crippen LogP contribution in [-0.4, -0.2) is 40.3 Å². The largest absolute Gasteiger partial charge is 0.494 e. The second-order valence-corrected chi connectivity index (χ2v) is 5.44. The number of ether oxygens (including phenoxy) is 3. The van der Waals surface area contributed by atoms with Crippen molar-refractivity contribution in [2.45, 2.75) is 20.2 Å². The van der Waals surface area contributed by atoms with Crippen LogP contribution in [0.5, 0.6) is 17.4 Å². The molecule has 0 amide bonds. The molecule has 3 rings (SSSR count). The van der Waals surface area contributed by atoms with Crippen LogP contribution in [0.3, 0.4) is 0 Å². The first-order valence-electron chi connectivity index (χ1n) is 7.96. The quantitative estimate of drug-likeness (QED) is 0.673. The molecule has 2 aromatic heterocycles. The maximum atomic E-state index is 13.5. The van der Waals surface area contributed by atoms with E-state index in [2.05, 4.69) is 15.2 Å². The van der Waals surface area contributed by atoms with Crippen LogP contribution in [-0.2, 0) is 0 Å². The van der Waals surface area contributed by atoms with E-state index in [4.69, 9.17) is 14.2 Å². The highest BCUT2D eigenvalue weighted by atomic mass is 19.1. The van der Waals surface area contributed by atoms with E-state index in [1.807, 2.05) is 0 Å². The SMILES string of the molecule is COc1cccc(-c2nnc(C)n2-c2c(OC)cccc2OC(C)F)n1. The number of halogens is 1. The molecule has 0 aliphatic rings. The molecule has 0 saturated heterocycles. The summed E-state index contributed by atoms with van der Waals surface area (Å²) in [5.41, 5.74) is 1.05. The minimum Gasteiger partial charge on any atom is -0.494 e. The Balaban J connectivity index is 2.24. The third kappa shape index (κ3) is 3.30. The molecular formula is C18H19FN4O3. The van der Waals surface area contributed by atoms with Crippen molar-refractivity contribution >= 4 is 0 Å². The molecule has 2 heterocycles. The van der Waals surface area contributed by atoms with Crippen molar-refractivity contribution < 1.29 is 18.6 Å². The van der Waals surface area contributed by atoms with E-state index in [1.165, 1.54) is 21.1 Å². The zero-order chi connectivity index (χ0) is 18.7. The summed E-state index contributed by atoms with van der Waals surface area (Å²) in [5, 5.41) is 8.37. The minimum absolute atomic E-state index is 0.311. The molecule has 1 unspecified atom stereocenters. The van der Waals surface area contributed by atoms with Gasteiger partial charge < -0.3 is 14.2 Å². The number of benzene rings is 1. The highest BCUT2D eigenvalue weighted by molar-refractivity contribution is 5.63. The lowest BCUT2D eigenvalue weighted by Gasteiger charge is -2.18. The zero-order valence-corrected chi connectivity index (χ0v) is 14.9. The van der Waals surface area contributed by atoms with Crippen LogP contribution < -0.4 is 14.2 Å². The van der Waals surface area contributed by atoms with E-state index >= 15 is 0 Å². The summed E-state index contributed by atoms with van der Waals surface area (Å²) >= 11 is 0. The number of nitrogens with zero attached hydrogens (tertiary/aromatic N) is 4. The fourth-order valence-corrected chi connectivity index (χ4v) is 2.61. The normalized spacial score (nSPS) is 11.9. The zero-order valence-electron chi connectivity index (χ0n) is 14.9. The number of rotatable bonds is 6. The lowest BCUT2D eigenvalue weighted by molar-refractivity contribution is 0.0856. The van der Waals surface area contributed by atoms with Crippen LogP contribution in [0.15, 0.2) is 36.4 Å². The summed E-state index contributed by atoms with van der Waals surface area (Å²) in [5.74, 6) is 2.29. The number of aryl methyl sites for hydroxylation is 1. The van der Waals surface area contributed by atoms with E-state index < -0.39 is 6.36 Å². The van der Waals surface area contributed by atoms with Crippen LogP contribution in [0.1, 0.15) is 12.7 Å². The maximum Gasteiger partial charge on any atom is 0.235 e. The molecule has 136 valence electrons. The van der Waals surface area contributed by atoms with Gasteiger partial charge in [-0.2, -0.15) is 0 Å². The molecule has 3 aromatic rings. The lowest BCUT2D eigenvalue weighted by atomic mass is 10.2. The third-order valence-electron chi connectivity index (χ3n) is 3.68. The van der Waals surface area contributed by atoms with Gasteiger partial charge in [0.2, 0.25) is 12.2 Å². The molecule has 8 heteroatoms. The molecule has 0 fully saturated rings.